The topological polar surface area (TPSA) is 106 Å². The fraction of sp³-hybridized carbons (Fsp3) is 0.250. The molecule has 0 radical (unpaired) electrons. The summed E-state index contributed by atoms with van der Waals surface area (Å²) in [5.41, 5.74) is 2.17. The molecule has 3 amide bonds. The zero-order valence-electron chi connectivity index (χ0n) is 20.7. The molecule has 0 aliphatic carbocycles. The van der Waals surface area contributed by atoms with E-state index in [9.17, 15) is 14.4 Å². The van der Waals surface area contributed by atoms with Gasteiger partial charge in [0.15, 0.2) is 6.61 Å². The van der Waals surface area contributed by atoms with Gasteiger partial charge in [-0.25, -0.2) is 0 Å². The molecule has 2 N–H and O–H groups in total. The number of amides is 3. The molecule has 1 saturated heterocycles. The third-order valence-electron chi connectivity index (χ3n) is 6.03. The molecule has 3 aromatic carbocycles. The molecule has 4 rings (SSSR count). The van der Waals surface area contributed by atoms with Crippen LogP contribution < -0.4 is 29.7 Å². The molecule has 37 heavy (non-hydrogen) atoms. The molecule has 0 saturated carbocycles. The highest BCUT2D eigenvalue weighted by Gasteiger charge is 2.35. The van der Waals surface area contributed by atoms with Crippen molar-refractivity contribution in [1.82, 2.24) is 5.32 Å². The van der Waals surface area contributed by atoms with Gasteiger partial charge in [-0.1, -0.05) is 18.2 Å². The largest absolute Gasteiger partial charge is 0.497 e. The Bertz CT molecular complexity index is 1240. The summed E-state index contributed by atoms with van der Waals surface area (Å²) in [6.45, 7) is 0.454. The lowest BCUT2D eigenvalue weighted by molar-refractivity contribution is -0.126. The van der Waals surface area contributed by atoms with Gasteiger partial charge in [-0.05, 0) is 54.6 Å². The summed E-state index contributed by atoms with van der Waals surface area (Å²) in [7, 11) is 3.16. The van der Waals surface area contributed by atoms with Gasteiger partial charge in [0.05, 0.1) is 20.1 Å². The van der Waals surface area contributed by atoms with Crippen molar-refractivity contribution in [2.75, 3.05) is 37.6 Å². The van der Waals surface area contributed by atoms with Crippen molar-refractivity contribution in [3.63, 3.8) is 0 Å². The van der Waals surface area contributed by atoms with Gasteiger partial charge in [0, 0.05) is 36.4 Å². The van der Waals surface area contributed by atoms with Gasteiger partial charge in [0.25, 0.3) is 5.91 Å². The molecule has 9 nitrogen and oxygen atoms in total. The molecule has 1 heterocycles. The first-order chi connectivity index (χ1) is 18.0. The zero-order chi connectivity index (χ0) is 26.2. The van der Waals surface area contributed by atoms with Crippen molar-refractivity contribution in [3.8, 4) is 17.2 Å². The average molecular weight is 504 g/mol. The number of methoxy groups -OCH3 is 2. The summed E-state index contributed by atoms with van der Waals surface area (Å²) in [6.07, 6.45) is 0.140. The number of para-hydroxylation sites is 1. The van der Waals surface area contributed by atoms with Gasteiger partial charge in [-0.15, -0.1) is 0 Å². The van der Waals surface area contributed by atoms with Crippen LogP contribution in [0.3, 0.4) is 0 Å². The molecule has 1 atom stereocenters. The fourth-order valence-corrected chi connectivity index (χ4v) is 4.05. The van der Waals surface area contributed by atoms with E-state index in [4.69, 9.17) is 14.2 Å². The Hall–Kier alpha value is -4.53. The van der Waals surface area contributed by atoms with Crippen molar-refractivity contribution in [2.45, 2.75) is 13.0 Å². The third-order valence-corrected chi connectivity index (χ3v) is 6.03. The molecule has 1 aliphatic heterocycles. The van der Waals surface area contributed by atoms with Crippen LogP contribution in [0.2, 0.25) is 0 Å². The molecular formula is C28H29N3O6. The van der Waals surface area contributed by atoms with E-state index in [-0.39, 0.29) is 30.7 Å². The summed E-state index contributed by atoms with van der Waals surface area (Å²) in [5.74, 6) is 0.852. The molecule has 0 spiro atoms. The molecule has 1 fully saturated rings. The van der Waals surface area contributed by atoms with Gasteiger partial charge < -0.3 is 29.7 Å². The van der Waals surface area contributed by atoms with E-state index in [1.807, 2.05) is 24.3 Å². The average Bonchev–Trinajstić information content (AvgIpc) is 3.33. The van der Waals surface area contributed by atoms with Gasteiger partial charge in [-0.2, -0.15) is 0 Å². The number of hydrogen-bond acceptors (Lipinski definition) is 6. The number of anilines is 2. The summed E-state index contributed by atoms with van der Waals surface area (Å²) < 4.78 is 16.0. The minimum Gasteiger partial charge on any atom is -0.497 e. The lowest BCUT2D eigenvalue weighted by Gasteiger charge is -2.17. The fourth-order valence-electron chi connectivity index (χ4n) is 4.05. The van der Waals surface area contributed by atoms with Crippen molar-refractivity contribution >= 4 is 29.1 Å². The van der Waals surface area contributed by atoms with Crippen LogP contribution in [-0.4, -0.2) is 45.1 Å². The van der Waals surface area contributed by atoms with Gasteiger partial charge in [0.1, 0.15) is 17.2 Å². The van der Waals surface area contributed by atoms with E-state index in [1.54, 1.807) is 67.7 Å². The Morgan fingerprint density at radius 2 is 1.62 bits per heavy atom. The number of benzene rings is 3. The third kappa shape index (κ3) is 6.58. The van der Waals surface area contributed by atoms with Crippen LogP contribution in [0.4, 0.5) is 11.4 Å². The lowest BCUT2D eigenvalue weighted by atomic mass is 10.1. The SMILES string of the molecule is COc1ccc(NC(=O)COc2ccc(N3C[C@H](C(=O)NCc4ccccc4OC)CC3=O)cc2)cc1. The van der Waals surface area contributed by atoms with Crippen LogP contribution in [0.25, 0.3) is 0 Å². The van der Waals surface area contributed by atoms with E-state index in [0.717, 1.165) is 5.56 Å². The van der Waals surface area contributed by atoms with Crippen molar-refractivity contribution in [2.24, 2.45) is 5.92 Å². The number of carbonyl (C=O) groups is 3. The predicted molar refractivity (Wildman–Crippen MR) is 139 cm³/mol. The van der Waals surface area contributed by atoms with E-state index in [1.165, 1.54) is 0 Å². The van der Waals surface area contributed by atoms with Crippen molar-refractivity contribution in [1.29, 1.82) is 0 Å². The first-order valence-electron chi connectivity index (χ1n) is 11.8. The molecule has 9 heteroatoms. The van der Waals surface area contributed by atoms with Crippen molar-refractivity contribution in [3.05, 3.63) is 78.4 Å². The molecular weight excluding hydrogens is 474 g/mol. The lowest BCUT2D eigenvalue weighted by Crippen LogP contribution is -2.32. The zero-order valence-corrected chi connectivity index (χ0v) is 20.7. The standard InChI is InChI=1S/C28H29N3O6/c1-35-23-11-7-21(8-12-23)30-26(32)18-37-24-13-9-22(10-14-24)31-17-20(15-27(31)33)28(34)29-16-19-5-3-4-6-25(19)36-2/h3-14,20H,15-18H2,1-2H3,(H,29,34)(H,30,32)/t20-/m1/s1. The molecule has 0 bridgehead atoms. The van der Waals surface area contributed by atoms with Crippen LogP contribution >= 0.6 is 0 Å². The van der Waals surface area contributed by atoms with Crippen LogP contribution in [-0.2, 0) is 20.9 Å². The molecule has 192 valence electrons. The van der Waals surface area contributed by atoms with E-state index < -0.39 is 5.92 Å². The first kappa shape index (κ1) is 25.6. The van der Waals surface area contributed by atoms with Crippen LogP contribution in [0.1, 0.15) is 12.0 Å². The normalized spacial score (nSPS) is 14.7. The highest BCUT2D eigenvalue weighted by Crippen LogP contribution is 2.27. The number of rotatable bonds is 10. The maximum Gasteiger partial charge on any atom is 0.262 e. The highest BCUT2D eigenvalue weighted by atomic mass is 16.5. The maximum atomic E-state index is 12.7. The number of ether oxygens (including phenoxy) is 3. The van der Waals surface area contributed by atoms with Crippen LogP contribution in [0.15, 0.2) is 72.8 Å². The van der Waals surface area contributed by atoms with Crippen LogP contribution in [0, 0.1) is 5.92 Å². The van der Waals surface area contributed by atoms with E-state index >= 15 is 0 Å². The monoisotopic (exact) mass is 503 g/mol. The second-order valence-corrected chi connectivity index (χ2v) is 8.49. The molecule has 0 unspecified atom stereocenters. The minimum absolute atomic E-state index is 0.120. The van der Waals surface area contributed by atoms with Gasteiger partial charge >= 0.3 is 0 Å². The minimum atomic E-state index is -0.445. The van der Waals surface area contributed by atoms with Crippen molar-refractivity contribution < 1.29 is 28.6 Å². The smallest absolute Gasteiger partial charge is 0.262 e. The summed E-state index contributed by atoms with van der Waals surface area (Å²) in [6, 6.07) is 21.3. The molecule has 1 aliphatic rings. The maximum absolute atomic E-state index is 12.7. The second-order valence-electron chi connectivity index (χ2n) is 8.49. The molecule has 3 aromatic rings. The van der Waals surface area contributed by atoms with Gasteiger partial charge in [-0.3, -0.25) is 14.4 Å². The summed E-state index contributed by atoms with van der Waals surface area (Å²) in [5, 5.41) is 5.66. The summed E-state index contributed by atoms with van der Waals surface area (Å²) in [4.78, 5) is 39.1. The van der Waals surface area contributed by atoms with E-state index in [0.29, 0.717) is 41.7 Å². The summed E-state index contributed by atoms with van der Waals surface area (Å²) >= 11 is 0. The quantitative estimate of drug-likeness (QED) is 0.439. The number of nitrogens with one attached hydrogen (secondary N) is 2. The second kappa shape index (κ2) is 11.9. The van der Waals surface area contributed by atoms with E-state index in [2.05, 4.69) is 10.6 Å². The number of hydrogen-bond donors (Lipinski definition) is 2. The predicted octanol–water partition coefficient (Wildman–Crippen LogP) is 3.39. The Balaban J connectivity index is 1.26. The Morgan fingerprint density at radius 3 is 2.32 bits per heavy atom. The first-order valence-corrected chi connectivity index (χ1v) is 11.8. The van der Waals surface area contributed by atoms with Crippen LogP contribution in [0.5, 0.6) is 17.2 Å². The number of nitrogens with zero attached hydrogens (tertiary/aromatic N) is 1. The highest BCUT2D eigenvalue weighted by molar-refractivity contribution is 6.00. The molecule has 0 aromatic heterocycles. The number of carbonyl (C=O) groups excluding carboxylic acids is 3. The Labute approximate surface area is 215 Å². The van der Waals surface area contributed by atoms with Gasteiger partial charge in [0.2, 0.25) is 11.8 Å². The Kier molecular flexibility index (Phi) is 8.25. The Morgan fingerprint density at radius 1 is 0.919 bits per heavy atom.